The van der Waals surface area contributed by atoms with Crippen molar-refractivity contribution in [1.29, 1.82) is 0 Å². The Balaban J connectivity index is 2.10. The number of benzene rings is 1. The third-order valence-electron chi connectivity index (χ3n) is 3.59. The van der Waals surface area contributed by atoms with Crippen molar-refractivity contribution in [3.63, 3.8) is 0 Å². The van der Waals surface area contributed by atoms with E-state index in [-0.39, 0.29) is 5.56 Å². The molecule has 0 fully saturated rings. The van der Waals surface area contributed by atoms with Crippen LogP contribution >= 0.6 is 23.1 Å². The first kappa shape index (κ1) is 15.3. The Bertz CT molecular complexity index is 847. The van der Waals surface area contributed by atoms with Crippen LogP contribution in [-0.2, 0) is 0 Å². The summed E-state index contributed by atoms with van der Waals surface area (Å²) in [6.07, 6.45) is 0. The number of thioether (sulfide) groups is 1. The van der Waals surface area contributed by atoms with Crippen molar-refractivity contribution in [1.82, 2.24) is 9.97 Å². The molecule has 0 amide bonds. The predicted octanol–water partition coefficient (Wildman–Crippen LogP) is 4.89. The molecule has 22 heavy (non-hydrogen) atoms. The first-order valence-electron chi connectivity index (χ1n) is 7.34. The predicted molar refractivity (Wildman–Crippen MR) is 96.2 cm³/mol. The molecule has 0 saturated heterocycles. The van der Waals surface area contributed by atoms with E-state index < -0.39 is 0 Å². The second-order valence-corrected chi connectivity index (χ2v) is 7.52. The summed E-state index contributed by atoms with van der Waals surface area (Å²) in [6, 6.07) is 8.44. The van der Waals surface area contributed by atoms with Gasteiger partial charge in [-0.2, -0.15) is 0 Å². The molecule has 0 aliphatic rings. The summed E-state index contributed by atoms with van der Waals surface area (Å²) >= 11 is 3.08. The van der Waals surface area contributed by atoms with Crippen LogP contribution in [0.5, 0.6) is 0 Å². The Labute approximate surface area is 137 Å². The third kappa shape index (κ3) is 2.83. The quantitative estimate of drug-likeness (QED) is 0.547. The van der Waals surface area contributed by atoms with Crippen LogP contribution < -0.4 is 5.56 Å². The number of hydrogen-bond acceptors (Lipinski definition) is 4. The van der Waals surface area contributed by atoms with E-state index >= 15 is 0 Å². The molecule has 0 bridgehead atoms. The Morgan fingerprint density at radius 2 is 2.00 bits per heavy atom. The molecule has 3 nitrogen and oxygen atoms in total. The fourth-order valence-corrected chi connectivity index (χ4v) is 3.99. The SMILES string of the molecule is CCSc1nc2scc(-c3ccc(C(C)C)cc3)c2c(=O)[nH]1. The summed E-state index contributed by atoms with van der Waals surface area (Å²) in [7, 11) is 0. The molecule has 0 aliphatic carbocycles. The van der Waals surface area contributed by atoms with Crippen molar-refractivity contribution in [2.45, 2.75) is 31.8 Å². The van der Waals surface area contributed by atoms with Crippen molar-refractivity contribution in [3.05, 3.63) is 45.6 Å². The van der Waals surface area contributed by atoms with Crippen LogP contribution in [-0.4, -0.2) is 15.7 Å². The zero-order valence-electron chi connectivity index (χ0n) is 12.8. The minimum absolute atomic E-state index is 0.0508. The highest BCUT2D eigenvalue weighted by Crippen LogP contribution is 2.32. The number of rotatable bonds is 4. The molecule has 2 aromatic heterocycles. The Morgan fingerprint density at radius 3 is 2.64 bits per heavy atom. The highest BCUT2D eigenvalue weighted by molar-refractivity contribution is 7.99. The zero-order valence-corrected chi connectivity index (χ0v) is 14.5. The normalized spacial score (nSPS) is 11.5. The van der Waals surface area contributed by atoms with Gasteiger partial charge in [0, 0.05) is 10.9 Å². The van der Waals surface area contributed by atoms with Crippen molar-refractivity contribution in [3.8, 4) is 11.1 Å². The van der Waals surface area contributed by atoms with Gasteiger partial charge < -0.3 is 4.98 Å². The second kappa shape index (κ2) is 6.26. The van der Waals surface area contributed by atoms with Crippen molar-refractivity contribution in [2.24, 2.45) is 0 Å². The maximum absolute atomic E-state index is 12.4. The molecule has 114 valence electrons. The van der Waals surface area contributed by atoms with Crippen LogP contribution in [0, 0.1) is 0 Å². The van der Waals surface area contributed by atoms with Gasteiger partial charge in [-0.25, -0.2) is 4.98 Å². The molecule has 3 aromatic rings. The maximum Gasteiger partial charge on any atom is 0.260 e. The summed E-state index contributed by atoms with van der Waals surface area (Å²) < 4.78 is 0. The van der Waals surface area contributed by atoms with Gasteiger partial charge in [0.2, 0.25) is 0 Å². The van der Waals surface area contributed by atoms with Crippen LogP contribution in [0.1, 0.15) is 32.3 Å². The summed E-state index contributed by atoms with van der Waals surface area (Å²) in [5.41, 5.74) is 3.29. The van der Waals surface area contributed by atoms with E-state index in [4.69, 9.17) is 0 Å². The van der Waals surface area contributed by atoms with Crippen molar-refractivity contribution >= 4 is 33.3 Å². The van der Waals surface area contributed by atoms with Crippen LogP contribution in [0.15, 0.2) is 39.6 Å². The highest BCUT2D eigenvalue weighted by Gasteiger charge is 2.13. The molecule has 0 saturated carbocycles. The van der Waals surface area contributed by atoms with Gasteiger partial charge in [0.1, 0.15) is 4.83 Å². The van der Waals surface area contributed by atoms with E-state index in [0.717, 1.165) is 21.7 Å². The third-order valence-corrected chi connectivity index (χ3v) is 5.22. The van der Waals surface area contributed by atoms with Crippen molar-refractivity contribution in [2.75, 3.05) is 5.75 Å². The lowest BCUT2D eigenvalue weighted by Crippen LogP contribution is -2.08. The second-order valence-electron chi connectivity index (χ2n) is 5.41. The number of nitrogens with one attached hydrogen (secondary N) is 1. The molecule has 1 aromatic carbocycles. The van der Waals surface area contributed by atoms with E-state index in [1.54, 1.807) is 11.8 Å². The van der Waals surface area contributed by atoms with Crippen LogP contribution in [0.25, 0.3) is 21.3 Å². The number of nitrogens with zero attached hydrogens (tertiary/aromatic N) is 1. The van der Waals surface area contributed by atoms with E-state index in [1.807, 2.05) is 12.3 Å². The molecule has 1 N–H and O–H groups in total. The fourth-order valence-electron chi connectivity index (χ4n) is 2.39. The lowest BCUT2D eigenvalue weighted by Gasteiger charge is -2.06. The average Bonchev–Trinajstić information content (AvgIpc) is 2.92. The minimum Gasteiger partial charge on any atom is -0.301 e. The van der Waals surface area contributed by atoms with Gasteiger partial charge in [-0.15, -0.1) is 11.3 Å². The molecular formula is C17H18N2OS2. The summed E-state index contributed by atoms with van der Waals surface area (Å²) in [5.74, 6) is 1.40. The lowest BCUT2D eigenvalue weighted by molar-refractivity contribution is 0.867. The van der Waals surface area contributed by atoms with Crippen LogP contribution in [0.4, 0.5) is 0 Å². The van der Waals surface area contributed by atoms with Crippen LogP contribution in [0.2, 0.25) is 0 Å². The molecule has 0 spiro atoms. The molecule has 2 heterocycles. The molecule has 0 aliphatic heterocycles. The van der Waals surface area contributed by atoms with E-state index in [1.165, 1.54) is 16.9 Å². The van der Waals surface area contributed by atoms with Crippen molar-refractivity contribution < 1.29 is 0 Å². The summed E-state index contributed by atoms with van der Waals surface area (Å²) in [5, 5.41) is 3.42. The zero-order chi connectivity index (χ0) is 15.7. The van der Waals surface area contributed by atoms with Gasteiger partial charge in [-0.3, -0.25) is 4.79 Å². The first-order valence-corrected chi connectivity index (χ1v) is 9.21. The largest absolute Gasteiger partial charge is 0.301 e. The number of thiophene rings is 1. The Morgan fingerprint density at radius 1 is 1.27 bits per heavy atom. The van der Waals surface area contributed by atoms with E-state index in [2.05, 4.69) is 48.1 Å². The molecule has 5 heteroatoms. The van der Waals surface area contributed by atoms with Gasteiger partial charge in [0.25, 0.3) is 5.56 Å². The number of fused-ring (bicyclic) bond motifs is 1. The van der Waals surface area contributed by atoms with Crippen LogP contribution in [0.3, 0.4) is 0 Å². The standard InChI is InChI=1S/C17H18N2OS2/c1-4-21-17-18-15(20)14-13(9-22-16(14)19-17)12-7-5-11(6-8-12)10(2)3/h5-10H,4H2,1-3H3,(H,18,19,20). The molecule has 0 unspecified atom stereocenters. The minimum atomic E-state index is -0.0508. The smallest absolute Gasteiger partial charge is 0.260 e. The topological polar surface area (TPSA) is 45.8 Å². The summed E-state index contributed by atoms with van der Waals surface area (Å²) in [6.45, 7) is 6.40. The lowest BCUT2D eigenvalue weighted by atomic mass is 9.99. The molecule has 0 atom stereocenters. The monoisotopic (exact) mass is 330 g/mol. The van der Waals surface area contributed by atoms with Gasteiger partial charge >= 0.3 is 0 Å². The maximum atomic E-state index is 12.4. The van der Waals surface area contributed by atoms with Gasteiger partial charge in [0.05, 0.1) is 5.39 Å². The average molecular weight is 330 g/mol. The highest BCUT2D eigenvalue weighted by atomic mass is 32.2. The number of aromatic amines is 1. The number of hydrogen-bond donors (Lipinski definition) is 1. The van der Waals surface area contributed by atoms with Gasteiger partial charge in [0.15, 0.2) is 5.16 Å². The van der Waals surface area contributed by atoms with Gasteiger partial charge in [-0.05, 0) is 22.8 Å². The molecule has 3 rings (SSSR count). The number of aromatic nitrogens is 2. The van der Waals surface area contributed by atoms with Gasteiger partial charge in [-0.1, -0.05) is 56.8 Å². The van der Waals surface area contributed by atoms with E-state index in [0.29, 0.717) is 16.5 Å². The fraction of sp³-hybridized carbons (Fsp3) is 0.294. The molecular weight excluding hydrogens is 312 g/mol. The number of H-pyrrole nitrogens is 1. The van der Waals surface area contributed by atoms with E-state index in [9.17, 15) is 4.79 Å². The Kier molecular flexibility index (Phi) is 4.36. The first-order chi connectivity index (χ1) is 10.6. The Hall–Kier alpha value is -1.59. The summed E-state index contributed by atoms with van der Waals surface area (Å²) in [4.78, 5) is 20.6. The molecule has 0 radical (unpaired) electrons.